The quantitative estimate of drug-likeness (QED) is 0.570. The van der Waals surface area contributed by atoms with E-state index in [-0.39, 0.29) is 4.90 Å². The number of primary sulfonamides is 1. The molecular weight excluding hydrogens is 356 g/mol. The first-order valence-corrected chi connectivity index (χ1v) is 9.34. The Bertz CT molecular complexity index is 985. The van der Waals surface area contributed by atoms with Crippen molar-refractivity contribution in [3.05, 3.63) is 53.9 Å². The summed E-state index contributed by atoms with van der Waals surface area (Å²) >= 11 is 0. The van der Waals surface area contributed by atoms with Crippen LogP contribution in [0.25, 0.3) is 0 Å². The zero-order chi connectivity index (χ0) is 18.6. The van der Waals surface area contributed by atoms with Crippen molar-refractivity contribution in [2.24, 2.45) is 5.14 Å². The van der Waals surface area contributed by atoms with Gasteiger partial charge < -0.3 is 15.2 Å². The molecule has 3 aromatic rings. The second kappa shape index (κ2) is 7.50. The normalized spacial score (nSPS) is 11.3. The Morgan fingerprint density at radius 1 is 1.15 bits per heavy atom. The highest BCUT2D eigenvalue weighted by molar-refractivity contribution is 7.89. The van der Waals surface area contributed by atoms with E-state index >= 15 is 0 Å². The van der Waals surface area contributed by atoms with Gasteiger partial charge in [-0.2, -0.15) is 4.98 Å². The monoisotopic (exact) mass is 374 g/mol. The molecule has 0 atom stereocenters. The Hall–Kier alpha value is -2.98. The molecule has 10 heteroatoms. The molecule has 0 unspecified atom stereocenters. The number of aromatic nitrogens is 3. The van der Waals surface area contributed by atoms with Crippen molar-refractivity contribution in [1.82, 2.24) is 15.1 Å². The van der Waals surface area contributed by atoms with Gasteiger partial charge >= 0.3 is 0 Å². The molecule has 0 fully saturated rings. The molecule has 26 heavy (non-hydrogen) atoms. The topological polar surface area (TPSA) is 136 Å². The van der Waals surface area contributed by atoms with Crippen molar-refractivity contribution in [3.8, 4) is 0 Å². The zero-order valence-electron chi connectivity index (χ0n) is 14.0. The summed E-state index contributed by atoms with van der Waals surface area (Å²) in [5, 5.41) is 15.1. The SMILES string of the molecule is Cc1cc(Nc2nccc(NCCc3ccc(S(N)(=O)=O)cc3)n2)no1. The minimum atomic E-state index is -3.66. The highest BCUT2D eigenvalue weighted by Crippen LogP contribution is 2.14. The molecule has 0 saturated carbocycles. The first kappa shape index (κ1) is 17.8. The Balaban J connectivity index is 1.55. The summed E-state index contributed by atoms with van der Waals surface area (Å²) in [6, 6.07) is 9.97. The third kappa shape index (κ3) is 4.77. The van der Waals surface area contributed by atoms with Gasteiger partial charge in [-0.3, -0.25) is 0 Å². The van der Waals surface area contributed by atoms with Crippen LogP contribution in [0.2, 0.25) is 0 Å². The van der Waals surface area contributed by atoms with Gasteiger partial charge in [0.1, 0.15) is 11.6 Å². The van der Waals surface area contributed by atoms with Gasteiger partial charge in [0.25, 0.3) is 0 Å². The lowest BCUT2D eigenvalue weighted by atomic mass is 10.1. The van der Waals surface area contributed by atoms with Gasteiger partial charge in [-0.05, 0) is 37.1 Å². The van der Waals surface area contributed by atoms with Crippen LogP contribution in [0.3, 0.4) is 0 Å². The van der Waals surface area contributed by atoms with E-state index in [1.54, 1.807) is 37.4 Å². The third-order valence-electron chi connectivity index (χ3n) is 3.50. The lowest BCUT2D eigenvalue weighted by Crippen LogP contribution is -2.12. The number of hydrogen-bond acceptors (Lipinski definition) is 8. The van der Waals surface area contributed by atoms with E-state index in [1.807, 2.05) is 0 Å². The number of nitrogens with zero attached hydrogens (tertiary/aromatic N) is 3. The maximum absolute atomic E-state index is 11.2. The molecule has 0 saturated heterocycles. The molecule has 0 aliphatic heterocycles. The molecule has 3 rings (SSSR count). The van der Waals surface area contributed by atoms with Crippen molar-refractivity contribution in [2.45, 2.75) is 18.2 Å². The van der Waals surface area contributed by atoms with E-state index in [0.29, 0.717) is 36.3 Å². The summed E-state index contributed by atoms with van der Waals surface area (Å²) in [7, 11) is -3.66. The van der Waals surface area contributed by atoms with E-state index in [1.165, 1.54) is 12.1 Å². The van der Waals surface area contributed by atoms with Gasteiger partial charge in [-0.25, -0.2) is 18.5 Å². The van der Waals surface area contributed by atoms with Crippen molar-refractivity contribution < 1.29 is 12.9 Å². The molecule has 9 nitrogen and oxygen atoms in total. The summed E-state index contributed by atoms with van der Waals surface area (Å²) < 4.78 is 27.5. The first-order chi connectivity index (χ1) is 12.4. The van der Waals surface area contributed by atoms with Crippen LogP contribution < -0.4 is 15.8 Å². The molecule has 0 radical (unpaired) electrons. The second-order valence-electron chi connectivity index (χ2n) is 5.58. The standard InChI is InChI=1S/C16H18N6O3S/c1-11-10-15(22-25-11)21-16-19-9-7-14(20-16)18-8-6-12-2-4-13(5-3-12)26(17,23)24/h2-5,7,9-10H,6,8H2,1H3,(H2,17,23,24)(H2,18,19,20,21,22). The number of anilines is 3. The predicted molar refractivity (Wildman–Crippen MR) is 96.6 cm³/mol. The molecule has 0 spiro atoms. The third-order valence-corrected chi connectivity index (χ3v) is 4.42. The fourth-order valence-electron chi connectivity index (χ4n) is 2.24. The average molecular weight is 374 g/mol. The molecule has 4 N–H and O–H groups in total. The van der Waals surface area contributed by atoms with Crippen molar-refractivity contribution in [2.75, 3.05) is 17.2 Å². The Kier molecular flexibility index (Phi) is 5.14. The van der Waals surface area contributed by atoms with Crippen LogP contribution in [0.4, 0.5) is 17.6 Å². The highest BCUT2D eigenvalue weighted by Gasteiger charge is 2.07. The van der Waals surface area contributed by atoms with Crippen molar-refractivity contribution >= 4 is 27.6 Å². The minimum absolute atomic E-state index is 0.101. The Morgan fingerprint density at radius 3 is 2.58 bits per heavy atom. The molecule has 0 aliphatic rings. The van der Waals surface area contributed by atoms with Gasteiger partial charge in [-0.1, -0.05) is 17.3 Å². The molecule has 2 aromatic heterocycles. The van der Waals surface area contributed by atoms with Gasteiger partial charge in [0.05, 0.1) is 4.90 Å². The van der Waals surface area contributed by atoms with Gasteiger partial charge in [0, 0.05) is 18.8 Å². The number of aryl methyl sites for hydroxylation is 1. The summed E-state index contributed by atoms with van der Waals surface area (Å²) in [5.74, 6) is 2.29. The molecule has 0 bridgehead atoms. The molecule has 2 heterocycles. The van der Waals surface area contributed by atoms with Crippen LogP contribution in [0.1, 0.15) is 11.3 Å². The van der Waals surface area contributed by atoms with E-state index in [2.05, 4.69) is 25.8 Å². The molecule has 0 aliphatic carbocycles. The van der Waals surface area contributed by atoms with E-state index < -0.39 is 10.0 Å². The smallest absolute Gasteiger partial charge is 0.238 e. The maximum atomic E-state index is 11.2. The van der Waals surface area contributed by atoms with Gasteiger partial charge in [-0.15, -0.1) is 0 Å². The fraction of sp³-hybridized carbons (Fsp3) is 0.188. The number of hydrogen-bond donors (Lipinski definition) is 3. The number of nitrogens with one attached hydrogen (secondary N) is 2. The van der Waals surface area contributed by atoms with Crippen LogP contribution >= 0.6 is 0 Å². The summed E-state index contributed by atoms with van der Waals surface area (Å²) in [6.07, 6.45) is 2.33. The van der Waals surface area contributed by atoms with Crippen LogP contribution in [-0.2, 0) is 16.4 Å². The largest absolute Gasteiger partial charge is 0.370 e. The molecule has 136 valence electrons. The van der Waals surface area contributed by atoms with E-state index in [4.69, 9.17) is 9.66 Å². The second-order valence-corrected chi connectivity index (χ2v) is 7.14. The Labute approximate surface area is 150 Å². The maximum Gasteiger partial charge on any atom is 0.238 e. The average Bonchev–Trinajstić information content (AvgIpc) is 3.00. The van der Waals surface area contributed by atoms with E-state index in [9.17, 15) is 8.42 Å². The molecular formula is C16H18N6O3S. The zero-order valence-corrected chi connectivity index (χ0v) is 14.8. The van der Waals surface area contributed by atoms with E-state index in [0.717, 1.165) is 5.56 Å². The minimum Gasteiger partial charge on any atom is -0.370 e. The van der Waals surface area contributed by atoms with Crippen LogP contribution in [0.5, 0.6) is 0 Å². The number of sulfonamides is 1. The number of rotatable bonds is 7. The summed E-state index contributed by atoms with van der Waals surface area (Å²) in [5.41, 5.74) is 0.982. The number of benzene rings is 1. The predicted octanol–water partition coefficient (Wildman–Crippen LogP) is 1.82. The fourth-order valence-corrected chi connectivity index (χ4v) is 2.75. The van der Waals surface area contributed by atoms with Crippen molar-refractivity contribution in [1.29, 1.82) is 0 Å². The van der Waals surface area contributed by atoms with Gasteiger partial charge in [0.2, 0.25) is 16.0 Å². The highest BCUT2D eigenvalue weighted by atomic mass is 32.2. The molecule has 1 aromatic carbocycles. The Morgan fingerprint density at radius 2 is 1.92 bits per heavy atom. The van der Waals surface area contributed by atoms with Crippen LogP contribution in [0.15, 0.2) is 52.0 Å². The number of nitrogens with two attached hydrogens (primary N) is 1. The van der Waals surface area contributed by atoms with Gasteiger partial charge in [0.15, 0.2) is 5.82 Å². The first-order valence-electron chi connectivity index (χ1n) is 7.79. The van der Waals surface area contributed by atoms with Crippen molar-refractivity contribution in [3.63, 3.8) is 0 Å². The van der Waals surface area contributed by atoms with Crippen LogP contribution in [-0.4, -0.2) is 30.1 Å². The lowest BCUT2D eigenvalue weighted by molar-refractivity contribution is 0.400. The summed E-state index contributed by atoms with van der Waals surface area (Å²) in [6.45, 7) is 2.42. The van der Waals surface area contributed by atoms with Crippen LogP contribution in [0, 0.1) is 6.92 Å². The lowest BCUT2D eigenvalue weighted by Gasteiger charge is -2.07. The molecule has 0 amide bonds. The summed E-state index contributed by atoms with van der Waals surface area (Å²) in [4.78, 5) is 8.58.